The van der Waals surface area contributed by atoms with Crippen LogP contribution in [0.2, 0.25) is 0 Å². The van der Waals surface area contributed by atoms with Crippen molar-refractivity contribution in [2.75, 3.05) is 6.61 Å². The summed E-state index contributed by atoms with van der Waals surface area (Å²) in [6.45, 7) is 2.98. The molecule has 0 aliphatic carbocycles. The second kappa shape index (κ2) is 8.99. The first-order valence-electron chi connectivity index (χ1n) is 8.26. The summed E-state index contributed by atoms with van der Waals surface area (Å²) in [4.78, 5) is 10.6. The third-order valence-corrected chi connectivity index (χ3v) is 3.77. The molecular formula is C20H24O3. The number of unbranched alkanes of at least 4 members (excludes halogenated alkanes) is 4. The fraction of sp³-hybridized carbons (Fsp3) is 0.350. The summed E-state index contributed by atoms with van der Waals surface area (Å²) in [6.07, 6.45) is 8.91. The molecule has 0 atom stereocenters. The first-order valence-corrected chi connectivity index (χ1v) is 8.26. The summed E-state index contributed by atoms with van der Waals surface area (Å²) in [5, 5.41) is 10.8. The highest BCUT2D eigenvalue weighted by Gasteiger charge is 1.99. The molecule has 0 aliphatic rings. The molecule has 0 aromatic heterocycles. The zero-order valence-corrected chi connectivity index (χ0v) is 13.6. The van der Waals surface area contributed by atoms with Gasteiger partial charge in [-0.25, -0.2) is 4.79 Å². The van der Waals surface area contributed by atoms with Crippen LogP contribution in [-0.2, 0) is 4.79 Å². The van der Waals surface area contributed by atoms with Gasteiger partial charge in [-0.1, -0.05) is 50.8 Å². The summed E-state index contributed by atoms with van der Waals surface area (Å²) >= 11 is 0. The molecule has 0 amide bonds. The predicted octanol–water partition coefficient (Wildman–Crippen LogP) is 5.29. The molecule has 0 aliphatic heterocycles. The molecule has 0 heterocycles. The van der Waals surface area contributed by atoms with Crippen molar-refractivity contribution in [3.8, 4) is 5.75 Å². The fourth-order valence-electron chi connectivity index (χ4n) is 2.50. The van der Waals surface area contributed by atoms with Gasteiger partial charge >= 0.3 is 5.97 Å². The zero-order chi connectivity index (χ0) is 16.5. The van der Waals surface area contributed by atoms with E-state index < -0.39 is 5.97 Å². The number of carboxylic acid groups (broad SMARTS) is 1. The Morgan fingerprint density at radius 3 is 2.57 bits per heavy atom. The fourth-order valence-corrected chi connectivity index (χ4v) is 2.50. The van der Waals surface area contributed by atoms with E-state index in [1.165, 1.54) is 25.7 Å². The van der Waals surface area contributed by atoms with Gasteiger partial charge in [0.1, 0.15) is 5.75 Å². The number of carboxylic acids is 1. The van der Waals surface area contributed by atoms with E-state index >= 15 is 0 Å². The van der Waals surface area contributed by atoms with Crippen molar-refractivity contribution in [3.63, 3.8) is 0 Å². The Hall–Kier alpha value is -2.29. The minimum absolute atomic E-state index is 0.759. The van der Waals surface area contributed by atoms with Gasteiger partial charge in [-0.3, -0.25) is 0 Å². The Bertz CT molecular complexity index is 674. The molecule has 0 spiro atoms. The standard InChI is InChI=1S/C20H24O3/c1-2-3-4-5-6-13-23-19-11-10-17-14-16(8-12-20(21)22)7-9-18(17)15-19/h7-12,14-15H,2-6,13H2,1H3,(H,21,22). The largest absolute Gasteiger partial charge is 0.494 e. The van der Waals surface area contributed by atoms with Crippen LogP contribution in [0.25, 0.3) is 16.8 Å². The quantitative estimate of drug-likeness (QED) is 0.505. The lowest BCUT2D eigenvalue weighted by Crippen LogP contribution is -1.97. The molecule has 0 radical (unpaired) electrons. The van der Waals surface area contributed by atoms with Crippen molar-refractivity contribution in [1.82, 2.24) is 0 Å². The molecule has 3 heteroatoms. The Labute approximate surface area is 137 Å². The van der Waals surface area contributed by atoms with Gasteiger partial charge in [0, 0.05) is 6.08 Å². The molecule has 23 heavy (non-hydrogen) atoms. The van der Waals surface area contributed by atoms with Gasteiger partial charge in [-0.2, -0.15) is 0 Å². The third-order valence-electron chi connectivity index (χ3n) is 3.77. The van der Waals surface area contributed by atoms with Crippen molar-refractivity contribution < 1.29 is 14.6 Å². The number of fused-ring (bicyclic) bond motifs is 1. The predicted molar refractivity (Wildman–Crippen MR) is 94.9 cm³/mol. The molecule has 0 fully saturated rings. The Balaban J connectivity index is 1.94. The number of benzene rings is 2. The van der Waals surface area contributed by atoms with Gasteiger partial charge in [0.25, 0.3) is 0 Å². The van der Waals surface area contributed by atoms with Crippen LogP contribution < -0.4 is 4.74 Å². The monoisotopic (exact) mass is 312 g/mol. The average molecular weight is 312 g/mol. The average Bonchev–Trinajstić information content (AvgIpc) is 2.56. The number of carbonyl (C=O) groups is 1. The van der Waals surface area contributed by atoms with Crippen LogP contribution >= 0.6 is 0 Å². The van der Waals surface area contributed by atoms with E-state index in [1.807, 2.05) is 36.4 Å². The molecule has 1 N–H and O–H groups in total. The number of rotatable bonds is 9. The highest BCUT2D eigenvalue weighted by atomic mass is 16.5. The smallest absolute Gasteiger partial charge is 0.328 e. The Kier molecular flexibility index (Phi) is 6.67. The van der Waals surface area contributed by atoms with Crippen LogP contribution in [0.3, 0.4) is 0 Å². The van der Waals surface area contributed by atoms with E-state index in [1.54, 1.807) is 6.08 Å². The van der Waals surface area contributed by atoms with Crippen LogP contribution in [0.4, 0.5) is 0 Å². The summed E-state index contributed by atoms with van der Waals surface area (Å²) in [7, 11) is 0. The molecule has 122 valence electrons. The van der Waals surface area contributed by atoms with E-state index in [4.69, 9.17) is 9.84 Å². The van der Waals surface area contributed by atoms with Gasteiger partial charge < -0.3 is 9.84 Å². The van der Waals surface area contributed by atoms with Gasteiger partial charge in [0.15, 0.2) is 0 Å². The number of aliphatic carboxylic acids is 1. The summed E-state index contributed by atoms with van der Waals surface area (Å²) in [5.74, 6) is -0.0467. The molecule has 3 nitrogen and oxygen atoms in total. The number of ether oxygens (including phenoxy) is 1. The molecule has 2 aromatic carbocycles. The van der Waals surface area contributed by atoms with Crippen molar-refractivity contribution in [2.45, 2.75) is 39.0 Å². The van der Waals surface area contributed by atoms with E-state index in [0.717, 1.165) is 41.2 Å². The molecule has 2 aromatic rings. The minimum Gasteiger partial charge on any atom is -0.494 e. The van der Waals surface area contributed by atoms with Crippen molar-refractivity contribution in [2.24, 2.45) is 0 Å². The second-order valence-electron chi connectivity index (χ2n) is 5.70. The lowest BCUT2D eigenvalue weighted by molar-refractivity contribution is -0.131. The molecule has 0 saturated heterocycles. The SMILES string of the molecule is CCCCCCCOc1ccc2cc(C=CC(=O)O)ccc2c1. The topological polar surface area (TPSA) is 46.5 Å². The maximum atomic E-state index is 10.6. The van der Waals surface area contributed by atoms with Crippen LogP contribution in [0.15, 0.2) is 42.5 Å². The first kappa shape index (κ1) is 17.1. The highest BCUT2D eigenvalue weighted by Crippen LogP contribution is 2.23. The Morgan fingerprint density at radius 2 is 1.78 bits per heavy atom. The van der Waals surface area contributed by atoms with Crippen molar-refractivity contribution in [3.05, 3.63) is 48.0 Å². The third kappa shape index (κ3) is 5.78. The lowest BCUT2D eigenvalue weighted by Gasteiger charge is -2.08. The van der Waals surface area contributed by atoms with Crippen LogP contribution in [0.1, 0.15) is 44.6 Å². The van der Waals surface area contributed by atoms with Crippen LogP contribution in [0, 0.1) is 0 Å². The molecule has 2 rings (SSSR count). The van der Waals surface area contributed by atoms with E-state index in [0.29, 0.717) is 0 Å². The zero-order valence-electron chi connectivity index (χ0n) is 13.6. The number of hydrogen-bond donors (Lipinski definition) is 1. The lowest BCUT2D eigenvalue weighted by atomic mass is 10.1. The van der Waals surface area contributed by atoms with Crippen LogP contribution in [-0.4, -0.2) is 17.7 Å². The van der Waals surface area contributed by atoms with Crippen molar-refractivity contribution >= 4 is 22.8 Å². The molecule has 0 unspecified atom stereocenters. The van der Waals surface area contributed by atoms with Gasteiger partial charge in [0.05, 0.1) is 6.61 Å². The molecular weight excluding hydrogens is 288 g/mol. The van der Waals surface area contributed by atoms with Crippen molar-refractivity contribution in [1.29, 1.82) is 0 Å². The van der Waals surface area contributed by atoms with Gasteiger partial charge in [-0.15, -0.1) is 0 Å². The van der Waals surface area contributed by atoms with Gasteiger partial charge in [-0.05, 0) is 47.0 Å². The normalized spacial score (nSPS) is 11.2. The van der Waals surface area contributed by atoms with Gasteiger partial charge in [0.2, 0.25) is 0 Å². The summed E-state index contributed by atoms with van der Waals surface area (Å²) < 4.78 is 5.81. The first-order chi connectivity index (χ1) is 11.2. The highest BCUT2D eigenvalue weighted by molar-refractivity contribution is 5.89. The van der Waals surface area contributed by atoms with E-state index in [2.05, 4.69) is 6.92 Å². The molecule has 0 bridgehead atoms. The molecule has 0 saturated carbocycles. The van der Waals surface area contributed by atoms with E-state index in [9.17, 15) is 4.79 Å². The Morgan fingerprint density at radius 1 is 1.04 bits per heavy atom. The van der Waals surface area contributed by atoms with Crippen LogP contribution in [0.5, 0.6) is 5.75 Å². The minimum atomic E-state index is -0.937. The summed E-state index contributed by atoms with van der Waals surface area (Å²) in [5.41, 5.74) is 0.879. The summed E-state index contributed by atoms with van der Waals surface area (Å²) in [6, 6.07) is 11.9. The second-order valence-corrected chi connectivity index (χ2v) is 5.70. The maximum absolute atomic E-state index is 10.6. The maximum Gasteiger partial charge on any atom is 0.328 e. The van der Waals surface area contributed by atoms with E-state index in [-0.39, 0.29) is 0 Å². The number of hydrogen-bond acceptors (Lipinski definition) is 2.